The van der Waals surface area contributed by atoms with Crippen molar-refractivity contribution >= 4 is 22.8 Å². The van der Waals surface area contributed by atoms with Crippen molar-refractivity contribution in [1.29, 1.82) is 0 Å². The molecule has 0 saturated carbocycles. The molecule has 0 radical (unpaired) electrons. The molecule has 15 heavy (non-hydrogen) atoms. The Hall–Kier alpha value is -1.90. The summed E-state index contributed by atoms with van der Waals surface area (Å²) in [6.07, 6.45) is 4.24. The van der Waals surface area contributed by atoms with E-state index in [0.717, 1.165) is 17.9 Å². The van der Waals surface area contributed by atoms with Gasteiger partial charge in [-0.1, -0.05) is 24.3 Å². The molecule has 0 atom stereocenters. The molecule has 0 amide bonds. The Labute approximate surface area is 88.2 Å². The Bertz CT molecular complexity index is 564. The Morgan fingerprint density at radius 3 is 3.13 bits per heavy atom. The lowest BCUT2D eigenvalue weighted by Crippen LogP contribution is -2.15. The predicted octanol–water partition coefficient (Wildman–Crippen LogP) is 2.10. The Morgan fingerprint density at radius 2 is 2.27 bits per heavy atom. The third-order valence-electron chi connectivity index (χ3n) is 2.87. The van der Waals surface area contributed by atoms with Gasteiger partial charge in [-0.3, -0.25) is 0 Å². The predicted molar refractivity (Wildman–Crippen MR) is 64.3 cm³/mol. The van der Waals surface area contributed by atoms with Gasteiger partial charge in [0.25, 0.3) is 0 Å². The molecule has 1 aromatic heterocycles. The lowest BCUT2D eigenvalue weighted by atomic mass is 10.1. The van der Waals surface area contributed by atoms with Crippen LogP contribution >= 0.6 is 0 Å². The monoisotopic (exact) mass is 199 g/mol. The van der Waals surface area contributed by atoms with Crippen LogP contribution in [0, 0.1) is 6.92 Å². The van der Waals surface area contributed by atoms with Crippen LogP contribution in [0.1, 0.15) is 11.1 Å². The first-order valence-corrected chi connectivity index (χ1v) is 5.08. The van der Waals surface area contributed by atoms with Gasteiger partial charge in [0, 0.05) is 17.5 Å². The number of benzene rings is 1. The summed E-state index contributed by atoms with van der Waals surface area (Å²) in [5, 5.41) is 4.50. The fourth-order valence-corrected chi connectivity index (χ4v) is 2.13. The average molecular weight is 199 g/mol. The molecule has 0 spiro atoms. The van der Waals surface area contributed by atoms with Gasteiger partial charge in [0.05, 0.1) is 5.52 Å². The van der Waals surface area contributed by atoms with E-state index in [4.69, 9.17) is 5.84 Å². The normalized spacial score (nSPS) is 13.9. The van der Waals surface area contributed by atoms with Crippen LogP contribution in [-0.4, -0.2) is 11.2 Å². The molecule has 0 saturated heterocycles. The number of nitrogens with one attached hydrogen (secondary N) is 1. The van der Waals surface area contributed by atoms with Gasteiger partial charge < -0.3 is 11.2 Å². The highest BCUT2D eigenvalue weighted by atomic mass is 15.3. The number of nitrogens with zero attached hydrogens (tertiary/aromatic N) is 1. The average Bonchev–Trinajstić information content (AvgIpc) is 2.54. The van der Waals surface area contributed by atoms with Gasteiger partial charge in [-0.2, -0.15) is 0 Å². The highest BCUT2D eigenvalue weighted by Gasteiger charge is 2.15. The Morgan fingerprint density at radius 1 is 1.40 bits per heavy atom. The van der Waals surface area contributed by atoms with Gasteiger partial charge >= 0.3 is 0 Å². The summed E-state index contributed by atoms with van der Waals surface area (Å²) in [5.74, 6) is 7.06. The van der Waals surface area contributed by atoms with E-state index < -0.39 is 0 Å². The maximum absolute atomic E-state index is 6.05. The largest absolute Gasteiger partial charge is 0.366 e. The standard InChI is InChI=1S/C12H13N3/c1-8-4-5-9-10-3-2-6-14-12(10)15(13)11(9)7-8/h2-5,7,14H,6,13H2,1H3. The van der Waals surface area contributed by atoms with E-state index >= 15 is 0 Å². The van der Waals surface area contributed by atoms with E-state index in [-0.39, 0.29) is 0 Å². The molecule has 3 nitrogen and oxygen atoms in total. The quantitative estimate of drug-likeness (QED) is 0.638. The van der Waals surface area contributed by atoms with E-state index in [1.165, 1.54) is 16.5 Å². The van der Waals surface area contributed by atoms with Crippen LogP contribution in [0.3, 0.4) is 0 Å². The van der Waals surface area contributed by atoms with Crippen LogP contribution < -0.4 is 11.2 Å². The van der Waals surface area contributed by atoms with E-state index in [9.17, 15) is 0 Å². The summed E-state index contributed by atoms with van der Waals surface area (Å²) in [6, 6.07) is 6.36. The summed E-state index contributed by atoms with van der Waals surface area (Å²) in [5.41, 5.74) is 3.51. The van der Waals surface area contributed by atoms with Gasteiger partial charge in [-0.25, -0.2) is 4.68 Å². The minimum absolute atomic E-state index is 0.847. The number of aromatic nitrogens is 1. The zero-order valence-corrected chi connectivity index (χ0v) is 8.62. The van der Waals surface area contributed by atoms with Gasteiger partial charge in [0.15, 0.2) is 0 Å². The zero-order chi connectivity index (χ0) is 10.4. The number of anilines is 1. The van der Waals surface area contributed by atoms with Crippen LogP contribution in [0.5, 0.6) is 0 Å². The Kier molecular flexibility index (Phi) is 1.57. The summed E-state index contributed by atoms with van der Waals surface area (Å²) in [6.45, 7) is 2.92. The van der Waals surface area contributed by atoms with Gasteiger partial charge in [0.2, 0.25) is 0 Å². The molecule has 0 bridgehead atoms. The van der Waals surface area contributed by atoms with E-state index in [0.29, 0.717) is 0 Å². The van der Waals surface area contributed by atoms with Crippen LogP contribution in [0.2, 0.25) is 0 Å². The molecule has 3 heteroatoms. The number of aryl methyl sites for hydroxylation is 1. The lowest BCUT2D eigenvalue weighted by Gasteiger charge is -2.10. The first-order chi connectivity index (χ1) is 7.27. The molecule has 76 valence electrons. The second-order valence-electron chi connectivity index (χ2n) is 3.94. The van der Waals surface area contributed by atoms with Crippen LogP contribution in [0.25, 0.3) is 17.0 Å². The van der Waals surface area contributed by atoms with Crippen molar-refractivity contribution in [2.75, 3.05) is 17.7 Å². The van der Waals surface area contributed by atoms with Crippen molar-refractivity contribution in [2.45, 2.75) is 6.92 Å². The van der Waals surface area contributed by atoms with Crippen molar-refractivity contribution in [3.63, 3.8) is 0 Å². The Balaban J connectivity index is 2.45. The SMILES string of the molecule is Cc1ccc2c3c(n(N)c2c1)NCC=C3. The molecule has 0 aliphatic carbocycles. The number of hydrogen-bond donors (Lipinski definition) is 2. The van der Waals surface area contributed by atoms with Crippen molar-refractivity contribution in [1.82, 2.24) is 4.68 Å². The molecule has 1 aliphatic heterocycles. The van der Waals surface area contributed by atoms with Crippen molar-refractivity contribution < 1.29 is 0 Å². The first-order valence-electron chi connectivity index (χ1n) is 5.08. The minimum Gasteiger partial charge on any atom is -0.366 e. The maximum Gasteiger partial charge on any atom is 0.133 e. The van der Waals surface area contributed by atoms with E-state index in [1.54, 1.807) is 4.68 Å². The molecular formula is C12H13N3. The molecule has 2 aromatic rings. The number of rotatable bonds is 0. The topological polar surface area (TPSA) is 43.0 Å². The minimum atomic E-state index is 0.847. The van der Waals surface area contributed by atoms with Gasteiger partial charge in [-0.05, 0) is 18.6 Å². The molecule has 1 aliphatic rings. The summed E-state index contributed by atoms with van der Waals surface area (Å²) in [4.78, 5) is 0. The van der Waals surface area contributed by atoms with Crippen LogP contribution in [-0.2, 0) is 0 Å². The van der Waals surface area contributed by atoms with Crippen LogP contribution in [0.4, 0.5) is 5.82 Å². The third kappa shape index (κ3) is 1.06. The molecule has 2 heterocycles. The fourth-order valence-electron chi connectivity index (χ4n) is 2.13. The summed E-state index contributed by atoms with van der Waals surface area (Å²) >= 11 is 0. The number of nitrogen functional groups attached to an aromatic ring is 1. The highest BCUT2D eigenvalue weighted by Crippen LogP contribution is 2.31. The third-order valence-corrected chi connectivity index (χ3v) is 2.87. The second kappa shape index (κ2) is 2.79. The lowest BCUT2D eigenvalue weighted by molar-refractivity contribution is 1.04. The molecule has 0 fully saturated rings. The molecular weight excluding hydrogens is 186 g/mol. The second-order valence-corrected chi connectivity index (χ2v) is 3.94. The van der Waals surface area contributed by atoms with E-state index in [2.05, 4.69) is 42.6 Å². The number of fused-ring (bicyclic) bond motifs is 3. The van der Waals surface area contributed by atoms with Crippen molar-refractivity contribution in [2.24, 2.45) is 0 Å². The number of nitrogens with two attached hydrogens (primary N) is 1. The van der Waals surface area contributed by atoms with Crippen molar-refractivity contribution in [3.8, 4) is 0 Å². The molecule has 3 rings (SSSR count). The van der Waals surface area contributed by atoms with E-state index in [1.807, 2.05) is 0 Å². The highest BCUT2D eigenvalue weighted by molar-refractivity contribution is 5.97. The van der Waals surface area contributed by atoms with Crippen molar-refractivity contribution in [3.05, 3.63) is 35.4 Å². The molecule has 1 aromatic carbocycles. The van der Waals surface area contributed by atoms with Crippen LogP contribution in [0.15, 0.2) is 24.3 Å². The smallest absolute Gasteiger partial charge is 0.133 e. The van der Waals surface area contributed by atoms with Gasteiger partial charge in [-0.15, -0.1) is 0 Å². The molecule has 3 N–H and O–H groups in total. The molecule has 0 unspecified atom stereocenters. The maximum atomic E-state index is 6.05. The summed E-state index contributed by atoms with van der Waals surface area (Å²) in [7, 11) is 0. The summed E-state index contributed by atoms with van der Waals surface area (Å²) < 4.78 is 1.74. The number of hydrogen-bond acceptors (Lipinski definition) is 2. The fraction of sp³-hybridized carbons (Fsp3) is 0.167. The van der Waals surface area contributed by atoms with Gasteiger partial charge in [0.1, 0.15) is 5.82 Å². The zero-order valence-electron chi connectivity index (χ0n) is 8.62. The first kappa shape index (κ1) is 8.41.